The summed E-state index contributed by atoms with van der Waals surface area (Å²) in [5.74, 6) is 0.307. The Balaban J connectivity index is 0. The molecule has 1 nitrogen and oxygen atoms in total. The molecule has 0 aliphatic rings. The fraction of sp³-hybridized carbons (Fsp3) is 0.833. The molecule has 0 heterocycles. The normalized spacial score (nSPS) is 7.67. The number of halogens is 1. The van der Waals surface area contributed by atoms with Crippen LogP contribution in [0.25, 0.3) is 0 Å². The van der Waals surface area contributed by atoms with E-state index in [4.69, 9.17) is 0 Å². The van der Waals surface area contributed by atoms with E-state index in [0.717, 1.165) is 62.0 Å². The van der Waals surface area contributed by atoms with Gasteiger partial charge >= 0.3 is 54.0 Å². The van der Waals surface area contributed by atoms with Crippen molar-refractivity contribution in [2.45, 2.75) is 33.1 Å². The van der Waals surface area contributed by atoms with Gasteiger partial charge in [0.25, 0.3) is 0 Å². The molecule has 0 spiro atoms. The van der Waals surface area contributed by atoms with Crippen molar-refractivity contribution in [1.82, 2.24) is 0 Å². The van der Waals surface area contributed by atoms with Gasteiger partial charge in [-0.1, -0.05) is 13.3 Å². The number of ketones is 1. The SMILES string of the molecule is CCCCC(C)=O.[K][I]. The summed E-state index contributed by atoms with van der Waals surface area (Å²) in [4.78, 5) is 10.2. The van der Waals surface area contributed by atoms with Crippen LogP contribution in [-0.4, -0.2) is 48.5 Å². The number of Topliss-reactive ketones (excluding diaryl/α,β-unsaturated/α-hetero) is 1. The molecular weight excluding hydrogens is 254 g/mol. The summed E-state index contributed by atoms with van der Waals surface area (Å²) in [6.07, 6.45) is 2.94. The zero-order chi connectivity index (χ0) is 7.70. The molecular formula is C6H12IKO. The van der Waals surface area contributed by atoms with Crippen LogP contribution in [0.15, 0.2) is 0 Å². The number of rotatable bonds is 3. The second kappa shape index (κ2) is 12.7. The maximum atomic E-state index is 10.2. The quantitative estimate of drug-likeness (QED) is 0.565. The van der Waals surface area contributed by atoms with E-state index in [9.17, 15) is 4.79 Å². The summed E-state index contributed by atoms with van der Waals surface area (Å²) in [6, 6.07) is 0. The molecule has 0 aliphatic heterocycles. The van der Waals surface area contributed by atoms with Gasteiger partial charge in [0, 0.05) is 6.42 Å². The second-order valence-corrected chi connectivity index (χ2v) is 1.81. The van der Waals surface area contributed by atoms with Gasteiger partial charge in [0.2, 0.25) is 0 Å². The van der Waals surface area contributed by atoms with Crippen LogP contribution < -0.4 is 0 Å². The van der Waals surface area contributed by atoms with Gasteiger partial charge in [-0.3, -0.25) is 0 Å². The van der Waals surface area contributed by atoms with Crippen molar-refractivity contribution >= 4 is 59.8 Å². The minimum absolute atomic E-state index is 0.307. The summed E-state index contributed by atoms with van der Waals surface area (Å²) in [5.41, 5.74) is 0. The molecule has 0 atom stereocenters. The Bertz CT molecular complexity index is 66.1. The molecule has 0 saturated heterocycles. The molecule has 0 radical (unpaired) electrons. The molecule has 9 heavy (non-hydrogen) atoms. The summed E-state index contributed by atoms with van der Waals surface area (Å²) in [6.45, 7) is 3.72. The molecule has 3 heteroatoms. The first kappa shape index (κ1) is 13.6. The third-order valence-corrected chi connectivity index (χ3v) is 0.882. The van der Waals surface area contributed by atoms with Crippen molar-refractivity contribution in [2.24, 2.45) is 0 Å². The Hall–Kier alpha value is 2.04. The Morgan fingerprint density at radius 1 is 1.56 bits per heavy atom. The third kappa shape index (κ3) is 17.8. The standard InChI is InChI=1S/C6H12O.HI.K/c1-3-4-5-6(2)7;;/h3-5H2,1-2H3;1H;/q;;+1/p-1. The number of hydrogen-bond donors (Lipinski definition) is 0. The molecule has 0 N–H and O–H groups in total. The minimum atomic E-state index is 0.307. The van der Waals surface area contributed by atoms with Crippen LogP contribution in [0.4, 0.5) is 0 Å². The van der Waals surface area contributed by atoms with Crippen LogP contribution in [0.2, 0.25) is 0 Å². The predicted octanol–water partition coefficient (Wildman–Crippen LogP) is 2.27. The maximum absolute atomic E-state index is 10.2. The summed E-state index contributed by atoms with van der Waals surface area (Å²) in [7, 11) is 0. The first-order chi connectivity index (χ1) is 4.27. The van der Waals surface area contributed by atoms with E-state index < -0.39 is 0 Å². The Morgan fingerprint density at radius 3 is 2.11 bits per heavy atom. The van der Waals surface area contributed by atoms with Crippen LogP contribution in [0, 0.1) is 0 Å². The zero-order valence-electron chi connectivity index (χ0n) is 6.41. The topological polar surface area (TPSA) is 17.1 Å². The number of unbranched alkanes of at least 4 members (excludes halogenated alkanes) is 1. The molecule has 50 valence electrons. The number of carbonyl (C=O) groups excluding carboxylic acids is 1. The van der Waals surface area contributed by atoms with Gasteiger partial charge in [-0.2, -0.15) is 0 Å². The van der Waals surface area contributed by atoms with Crippen molar-refractivity contribution in [3.05, 3.63) is 0 Å². The van der Waals surface area contributed by atoms with Crippen LogP contribution >= 0.6 is 11.3 Å². The molecule has 0 amide bonds. The van der Waals surface area contributed by atoms with Gasteiger partial charge in [-0.25, -0.2) is 0 Å². The molecule has 0 aliphatic carbocycles. The zero-order valence-corrected chi connectivity index (χ0v) is 11.7. The Morgan fingerprint density at radius 2 is 2.00 bits per heavy atom. The van der Waals surface area contributed by atoms with Gasteiger partial charge in [0.1, 0.15) is 5.78 Å². The van der Waals surface area contributed by atoms with E-state index >= 15 is 0 Å². The van der Waals surface area contributed by atoms with Crippen molar-refractivity contribution in [3.63, 3.8) is 0 Å². The Kier molecular flexibility index (Phi) is 19.2. The fourth-order valence-electron chi connectivity index (χ4n) is 0.426. The van der Waals surface area contributed by atoms with Crippen LogP contribution in [-0.2, 0) is 4.79 Å². The average Bonchev–Trinajstić information content (AvgIpc) is 1.88. The van der Waals surface area contributed by atoms with E-state index in [2.05, 4.69) is 18.2 Å². The summed E-state index contributed by atoms with van der Waals surface area (Å²) >= 11 is 3.37. The van der Waals surface area contributed by atoms with Crippen LogP contribution in [0.5, 0.6) is 0 Å². The van der Waals surface area contributed by atoms with E-state index in [1.807, 2.05) is 0 Å². The van der Waals surface area contributed by atoms with E-state index in [1.54, 1.807) is 6.92 Å². The van der Waals surface area contributed by atoms with Crippen molar-refractivity contribution in [2.75, 3.05) is 0 Å². The monoisotopic (exact) mass is 266 g/mol. The first-order valence-corrected chi connectivity index (χ1v) is 13.2. The van der Waals surface area contributed by atoms with Gasteiger partial charge in [0.15, 0.2) is 0 Å². The van der Waals surface area contributed by atoms with E-state index in [-0.39, 0.29) is 0 Å². The number of carbonyl (C=O) groups is 1. The van der Waals surface area contributed by atoms with Crippen molar-refractivity contribution in [3.8, 4) is 0 Å². The van der Waals surface area contributed by atoms with E-state index in [1.165, 1.54) is 0 Å². The summed E-state index contributed by atoms with van der Waals surface area (Å²) < 4.78 is 0. The average molecular weight is 266 g/mol. The van der Waals surface area contributed by atoms with Crippen molar-refractivity contribution in [1.29, 1.82) is 0 Å². The molecule has 0 aromatic heterocycles. The van der Waals surface area contributed by atoms with Crippen molar-refractivity contribution < 1.29 is 4.79 Å². The molecule has 0 aromatic rings. The van der Waals surface area contributed by atoms with Gasteiger partial charge in [0.05, 0.1) is 0 Å². The van der Waals surface area contributed by atoms with Crippen LogP contribution in [0.3, 0.4) is 0 Å². The molecule has 0 bridgehead atoms. The van der Waals surface area contributed by atoms with E-state index in [0.29, 0.717) is 5.78 Å². The molecule has 0 aromatic carbocycles. The third-order valence-electron chi connectivity index (χ3n) is 0.882. The molecule has 0 saturated carbocycles. The van der Waals surface area contributed by atoms with Gasteiger partial charge < -0.3 is 4.79 Å². The van der Waals surface area contributed by atoms with Crippen LogP contribution in [0.1, 0.15) is 33.1 Å². The summed E-state index contributed by atoms with van der Waals surface area (Å²) in [5, 5.41) is 0. The first-order valence-electron chi connectivity index (χ1n) is 3.14. The second-order valence-electron chi connectivity index (χ2n) is 1.81. The van der Waals surface area contributed by atoms with Gasteiger partial charge in [-0.15, -0.1) is 0 Å². The molecule has 0 unspecified atom stereocenters. The Labute approximate surface area is 95.4 Å². The predicted molar refractivity (Wildman–Crippen MR) is 50.0 cm³/mol. The molecule has 0 rings (SSSR count). The number of hydrogen-bond acceptors (Lipinski definition) is 1. The molecule has 0 fully saturated rings. The van der Waals surface area contributed by atoms with Gasteiger partial charge in [-0.05, 0) is 13.3 Å². The fourth-order valence-corrected chi connectivity index (χ4v) is 0.426.